The Balaban J connectivity index is 1.57. The fourth-order valence-corrected chi connectivity index (χ4v) is 4.67. The van der Waals surface area contributed by atoms with Crippen LogP contribution in [-0.4, -0.2) is 73.1 Å². The van der Waals surface area contributed by atoms with Crippen molar-refractivity contribution in [1.82, 2.24) is 25.5 Å². The van der Waals surface area contributed by atoms with Gasteiger partial charge >= 0.3 is 0 Å². The molecule has 2 aromatic rings. The van der Waals surface area contributed by atoms with Gasteiger partial charge in [0.1, 0.15) is 11.3 Å². The van der Waals surface area contributed by atoms with Gasteiger partial charge in [-0.05, 0) is 60.4 Å². The summed E-state index contributed by atoms with van der Waals surface area (Å²) < 4.78 is 15.8. The van der Waals surface area contributed by atoms with E-state index in [1.807, 2.05) is 25.1 Å². The molecule has 0 spiro atoms. The number of carbonyl (C=O) groups is 1. The van der Waals surface area contributed by atoms with E-state index < -0.39 is 5.82 Å². The van der Waals surface area contributed by atoms with Crippen molar-refractivity contribution in [2.24, 2.45) is 0 Å². The van der Waals surface area contributed by atoms with Gasteiger partial charge in [-0.2, -0.15) is 0 Å². The number of hydrogen-bond donors (Lipinski definition) is 2. The van der Waals surface area contributed by atoms with E-state index in [2.05, 4.69) is 41.4 Å². The monoisotopic (exact) mass is 462 g/mol. The lowest BCUT2D eigenvalue weighted by Crippen LogP contribution is -2.78. The summed E-state index contributed by atoms with van der Waals surface area (Å²) in [6.07, 6.45) is 2.15. The third-order valence-electron chi connectivity index (χ3n) is 6.06. The normalized spacial score (nSPS) is 23.0. The zero-order chi connectivity index (χ0) is 20.3. The molecule has 1 aliphatic carbocycles. The molecule has 0 radical (unpaired) electrons. The van der Waals surface area contributed by atoms with Gasteiger partial charge in [0.15, 0.2) is 5.82 Å². The minimum absolute atomic E-state index is 0.0203. The maximum Gasteiger partial charge on any atom is 0.289 e. The molecule has 1 saturated carbocycles. The number of fused-ring (bicyclic) bond motifs is 2. The first-order chi connectivity index (χ1) is 13.9. The predicted octanol–water partition coefficient (Wildman–Crippen LogP) is 1.86. The Morgan fingerprint density at radius 1 is 1.41 bits per heavy atom. The second kappa shape index (κ2) is 7.14. The molecule has 3 heterocycles. The molecule has 1 amide bonds. The van der Waals surface area contributed by atoms with Crippen LogP contribution >= 0.6 is 15.9 Å². The predicted molar refractivity (Wildman–Crippen MR) is 113 cm³/mol. The molecule has 7 nitrogen and oxygen atoms in total. The van der Waals surface area contributed by atoms with Crippen LogP contribution in [0.2, 0.25) is 0 Å². The lowest BCUT2D eigenvalue weighted by atomic mass is 9.88. The maximum atomic E-state index is 15.3. The summed E-state index contributed by atoms with van der Waals surface area (Å²) in [7, 11) is 3.88. The van der Waals surface area contributed by atoms with Gasteiger partial charge < -0.3 is 20.4 Å². The molecule has 9 heteroatoms. The van der Waals surface area contributed by atoms with Crippen LogP contribution < -0.4 is 15.5 Å². The summed E-state index contributed by atoms with van der Waals surface area (Å²) in [6, 6.07) is 2.83. The van der Waals surface area contributed by atoms with Gasteiger partial charge in [0, 0.05) is 37.6 Å². The Bertz CT molecular complexity index is 995. The van der Waals surface area contributed by atoms with Crippen LogP contribution in [0.25, 0.3) is 10.9 Å². The molecule has 1 aromatic heterocycles. The van der Waals surface area contributed by atoms with E-state index in [9.17, 15) is 4.79 Å². The van der Waals surface area contributed by atoms with Gasteiger partial charge in [0.2, 0.25) is 5.82 Å². The zero-order valence-corrected chi connectivity index (χ0v) is 18.1. The Hall–Kier alpha value is -1.84. The van der Waals surface area contributed by atoms with Crippen LogP contribution in [0.4, 0.5) is 10.2 Å². The molecule has 2 aliphatic heterocycles. The highest BCUT2D eigenvalue weighted by Gasteiger charge is 2.47. The summed E-state index contributed by atoms with van der Waals surface area (Å²) in [4.78, 5) is 25.8. The SMILES string of the molecule is CN(C)CCNC(=O)c1nc(N2CC3NCC32)c2cc(C3CC3)c(Br)c(F)c2n1. The molecule has 5 rings (SSSR count). The van der Waals surface area contributed by atoms with E-state index in [-0.39, 0.29) is 17.2 Å². The summed E-state index contributed by atoms with van der Waals surface area (Å²) in [5.74, 6) is 0.301. The van der Waals surface area contributed by atoms with Crippen molar-refractivity contribution in [3.63, 3.8) is 0 Å². The number of benzene rings is 1. The zero-order valence-electron chi connectivity index (χ0n) is 16.5. The third kappa shape index (κ3) is 3.29. The highest BCUT2D eigenvalue weighted by molar-refractivity contribution is 9.10. The van der Waals surface area contributed by atoms with Gasteiger partial charge in [-0.25, -0.2) is 14.4 Å². The van der Waals surface area contributed by atoms with Gasteiger partial charge in [0.25, 0.3) is 5.91 Å². The summed E-state index contributed by atoms with van der Waals surface area (Å²) in [6.45, 7) is 2.88. The standard InChI is InChI=1S/C20H24BrFN6O/c1-27(2)6-5-23-20(29)18-25-17-12(7-11(10-3-4-10)15(21)16(17)22)19(26-18)28-9-13-14(28)8-24-13/h7,10,13-14,24H,3-6,8-9H2,1-2H3,(H,23,29). The number of amides is 1. The molecule has 2 saturated heterocycles. The summed E-state index contributed by atoms with van der Waals surface area (Å²) in [5, 5.41) is 6.91. The van der Waals surface area contributed by atoms with Crippen molar-refractivity contribution in [1.29, 1.82) is 0 Å². The van der Waals surface area contributed by atoms with Crippen LogP contribution in [0.1, 0.15) is 34.9 Å². The quantitative estimate of drug-likeness (QED) is 0.682. The minimum Gasteiger partial charge on any atom is -0.348 e. The lowest BCUT2D eigenvalue weighted by molar-refractivity contribution is 0.0941. The second-order valence-electron chi connectivity index (χ2n) is 8.43. The lowest BCUT2D eigenvalue weighted by Gasteiger charge is -2.56. The molecule has 154 valence electrons. The molecule has 29 heavy (non-hydrogen) atoms. The Labute approximate surface area is 177 Å². The van der Waals surface area contributed by atoms with E-state index >= 15 is 4.39 Å². The first-order valence-corrected chi connectivity index (χ1v) is 10.9. The Morgan fingerprint density at radius 3 is 2.79 bits per heavy atom. The largest absolute Gasteiger partial charge is 0.348 e. The van der Waals surface area contributed by atoms with Crippen LogP contribution in [0.5, 0.6) is 0 Å². The minimum atomic E-state index is -0.404. The van der Waals surface area contributed by atoms with Crippen molar-refractivity contribution in [3.8, 4) is 0 Å². The molecule has 3 aliphatic rings. The van der Waals surface area contributed by atoms with E-state index in [4.69, 9.17) is 0 Å². The van der Waals surface area contributed by atoms with Gasteiger partial charge in [-0.3, -0.25) is 4.79 Å². The number of anilines is 1. The number of carbonyl (C=O) groups excluding carboxylic acids is 1. The fraction of sp³-hybridized carbons (Fsp3) is 0.550. The van der Waals surface area contributed by atoms with Crippen LogP contribution in [0.3, 0.4) is 0 Å². The van der Waals surface area contributed by atoms with E-state index in [1.165, 1.54) is 0 Å². The van der Waals surface area contributed by atoms with Crippen molar-refractivity contribution in [2.45, 2.75) is 30.8 Å². The molecule has 2 unspecified atom stereocenters. The number of hydrogen-bond acceptors (Lipinski definition) is 6. The number of rotatable bonds is 6. The highest BCUT2D eigenvalue weighted by atomic mass is 79.9. The highest BCUT2D eigenvalue weighted by Crippen LogP contribution is 2.47. The fourth-order valence-electron chi connectivity index (χ4n) is 4.05. The molecular formula is C20H24BrFN6O. The topological polar surface area (TPSA) is 73.4 Å². The summed E-state index contributed by atoms with van der Waals surface area (Å²) >= 11 is 3.42. The van der Waals surface area contributed by atoms with E-state index in [0.29, 0.717) is 46.8 Å². The van der Waals surface area contributed by atoms with Crippen LogP contribution in [0, 0.1) is 5.82 Å². The maximum absolute atomic E-state index is 15.3. The average molecular weight is 463 g/mol. The number of halogens is 2. The molecule has 3 fully saturated rings. The molecule has 2 N–H and O–H groups in total. The first-order valence-electron chi connectivity index (χ1n) is 10.1. The number of aromatic nitrogens is 2. The van der Waals surface area contributed by atoms with E-state index in [1.54, 1.807) is 0 Å². The molecule has 1 aromatic carbocycles. The third-order valence-corrected chi connectivity index (χ3v) is 6.87. The second-order valence-corrected chi connectivity index (χ2v) is 9.22. The number of piperazine rings is 1. The number of nitrogens with one attached hydrogen (secondary N) is 2. The molecular weight excluding hydrogens is 439 g/mol. The van der Waals surface area contributed by atoms with Crippen molar-refractivity contribution in [3.05, 3.63) is 27.7 Å². The van der Waals surface area contributed by atoms with Gasteiger partial charge in [-0.15, -0.1) is 0 Å². The first kappa shape index (κ1) is 19.1. The Morgan fingerprint density at radius 2 is 2.21 bits per heavy atom. The average Bonchev–Trinajstić information content (AvgIpc) is 3.50. The van der Waals surface area contributed by atoms with Crippen molar-refractivity contribution >= 4 is 38.6 Å². The smallest absolute Gasteiger partial charge is 0.289 e. The number of likely N-dealkylation sites (N-methyl/N-ethyl adjacent to an activating group) is 1. The van der Waals surface area contributed by atoms with Crippen LogP contribution in [0.15, 0.2) is 10.5 Å². The van der Waals surface area contributed by atoms with Crippen molar-refractivity contribution in [2.75, 3.05) is 45.2 Å². The molecule has 0 bridgehead atoms. The Kier molecular flexibility index (Phi) is 4.71. The van der Waals surface area contributed by atoms with Crippen LogP contribution in [-0.2, 0) is 0 Å². The number of nitrogens with zero attached hydrogens (tertiary/aromatic N) is 4. The van der Waals surface area contributed by atoms with Crippen molar-refractivity contribution < 1.29 is 9.18 Å². The van der Waals surface area contributed by atoms with E-state index in [0.717, 1.165) is 31.5 Å². The van der Waals surface area contributed by atoms with Gasteiger partial charge in [0.05, 0.1) is 10.5 Å². The summed E-state index contributed by atoms with van der Waals surface area (Å²) in [5.41, 5.74) is 1.19. The van der Waals surface area contributed by atoms with Gasteiger partial charge in [-0.1, -0.05) is 0 Å². The molecule has 2 atom stereocenters.